The maximum atomic E-state index is 5.11. The van der Waals surface area contributed by atoms with Crippen LogP contribution >= 0.6 is 0 Å². The van der Waals surface area contributed by atoms with Crippen LogP contribution < -0.4 is 4.90 Å². The molecule has 0 amide bonds. The summed E-state index contributed by atoms with van der Waals surface area (Å²) < 4.78 is 6.81. The number of aromatic nitrogens is 5. The average molecular weight is 299 g/mol. The van der Waals surface area contributed by atoms with E-state index in [1.165, 1.54) is 0 Å². The predicted molar refractivity (Wildman–Crippen MR) is 79.5 cm³/mol. The third-order valence-electron chi connectivity index (χ3n) is 4.23. The van der Waals surface area contributed by atoms with Gasteiger partial charge in [0.1, 0.15) is 17.9 Å². The van der Waals surface area contributed by atoms with Gasteiger partial charge in [-0.25, -0.2) is 0 Å². The van der Waals surface area contributed by atoms with E-state index in [1.54, 1.807) is 17.0 Å². The lowest BCUT2D eigenvalue weighted by atomic mass is 10.1. The summed E-state index contributed by atoms with van der Waals surface area (Å²) in [5.41, 5.74) is 1.91. The number of nitrogens with zero attached hydrogens (tertiary/aromatic N) is 7. The normalized spacial score (nSPS) is 15.7. The molecule has 0 N–H and O–H groups in total. The highest BCUT2D eigenvalue weighted by Crippen LogP contribution is 2.22. The molecular weight excluding hydrogens is 282 g/mol. The molecule has 3 aromatic rings. The molecule has 0 aromatic carbocycles. The summed E-state index contributed by atoms with van der Waals surface area (Å²) in [6, 6.07) is 4.43. The number of anilines is 1. The zero-order chi connectivity index (χ0) is 15.1. The van der Waals surface area contributed by atoms with E-state index < -0.39 is 0 Å². The summed E-state index contributed by atoms with van der Waals surface area (Å²) in [4.78, 5) is 4.58. The Morgan fingerprint density at radius 1 is 1.36 bits per heavy atom. The van der Waals surface area contributed by atoms with Crippen LogP contribution in [0.2, 0.25) is 0 Å². The number of likely N-dealkylation sites (N-methyl/N-ethyl adjacent to an activating group) is 1. The number of hydrogen-bond donors (Lipinski definition) is 0. The fraction of sp³-hybridized carbons (Fsp3) is 0.429. The maximum absolute atomic E-state index is 5.11. The third kappa shape index (κ3) is 2.21. The van der Waals surface area contributed by atoms with E-state index in [2.05, 4.69) is 37.3 Å². The molecule has 4 rings (SSSR count). The van der Waals surface area contributed by atoms with E-state index >= 15 is 0 Å². The van der Waals surface area contributed by atoms with Gasteiger partial charge in [0.05, 0.1) is 6.20 Å². The molecule has 0 unspecified atom stereocenters. The molecule has 0 radical (unpaired) electrons. The van der Waals surface area contributed by atoms with Crippen molar-refractivity contribution < 1.29 is 4.52 Å². The number of aryl methyl sites for hydroxylation is 1. The van der Waals surface area contributed by atoms with Crippen LogP contribution in [0.4, 0.5) is 5.82 Å². The van der Waals surface area contributed by atoms with E-state index in [1.807, 2.05) is 19.1 Å². The highest BCUT2D eigenvalue weighted by atomic mass is 16.5. The second-order valence-electron chi connectivity index (χ2n) is 5.71. The van der Waals surface area contributed by atoms with Crippen LogP contribution in [-0.2, 0) is 6.54 Å². The first kappa shape index (κ1) is 13.2. The molecule has 1 aliphatic rings. The Hall–Kier alpha value is -2.48. The summed E-state index contributed by atoms with van der Waals surface area (Å²) in [5.74, 6) is 1.85. The van der Waals surface area contributed by atoms with Crippen molar-refractivity contribution in [2.75, 3.05) is 25.0 Å². The molecule has 1 aliphatic heterocycles. The van der Waals surface area contributed by atoms with Crippen LogP contribution in [0, 0.1) is 6.92 Å². The number of fused-ring (bicyclic) bond motifs is 1. The molecule has 0 saturated carbocycles. The van der Waals surface area contributed by atoms with Crippen LogP contribution in [0.5, 0.6) is 0 Å². The van der Waals surface area contributed by atoms with Crippen molar-refractivity contribution in [3.05, 3.63) is 36.0 Å². The largest absolute Gasteiger partial charge is 0.361 e. The summed E-state index contributed by atoms with van der Waals surface area (Å²) in [6.45, 7) is 4.72. The Kier molecular flexibility index (Phi) is 3.04. The maximum Gasteiger partial charge on any atom is 0.177 e. The van der Waals surface area contributed by atoms with Gasteiger partial charge >= 0.3 is 0 Å². The zero-order valence-corrected chi connectivity index (χ0v) is 12.5. The highest BCUT2D eigenvalue weighted by molar-refractivity contribution is 5.47. The van der Waals surface area contributed by atoms with Crippen LogP contribution in [-0.4, -0.2) is 56.0 Å². The van der Waals surface area contributed by atoms with Gasteiger partial charge in [-0.2, -0.15) is 4.52 Å². The SMILES string of the molecule is Cc1oncc1CN(C)C1CN(c2ccc3nncn3n2)C1. The van der Waals surface area contributed by atoms with Crippen molar-refractivity contribution in [1.29, 1.82) is 0 Å². The van der Waals surface area contributed by atoms with Gasteiger partial charge < -0.3 is 9.42 Å². The van der Waals surface area contributed by atoms with Gasteiger partial charge in [-0.1, -0.05) is 5.16 Å². The summed E-state index contributed by atoms with van der Waals surface area (Å²) in [6.07, 6.45) is 3.42. The van der Waals surface area contributed by atoms with E-state index in [4.69, 9.17) is 4.52 Å². The lowest BCUT2D eigenvalue weighted by Crippen LogP contribution is -2.58. The van der Waals surface area contributed by atoms with Gasteiger partial charge in [0.25, 0.3) is 0 Å². The van der Waals surface area contributed by atoms with Gasteiger partial charge in [0, 0.05) is 31.2 Å². The second-order valence-corrected chi connectivity index (χ2v) is 5.71. The van der Waals surface area contributed by atoms with Gasteiger partial charge in [-0.15, -0.1) is 15.3 Å². The fourth-order valence-corrected chi connectivity index (χ4v) is 2.68. The quantitative estimate of drug-likeness (QED) is 0.703. The van der Waals surface area contributed by atoms with Crippen molar-refractivity contribution in [3.8, 4) is 0 Å². The van der Waals surface area contributed by atoms with Crippen molar-refractivity contribution in [2.45, 2.75) is 19.5 Å². The lowest BCUT2D eigenvalue weighted by molar-refractivity contribution is 0.195. The van der Waals surface area contributed by atoms with E-state index in [0.717, 1.165) is 42.4 Å². The molecule has 8 heteroatoms. The standard InChI is InChI=1S/C14H17N7O/c1-10-11(5-16-22-10)6-19(2)12-7-20(8-12)14-4-3-13-17-15-9-21(13)18-14/h3-5,9,12H,6-8H2,1-2H3. The van der Waals surface area contributed by atoms with Gasteiger partial charge in [-0.3, -0.25) is 4.90 Å². The highest BCUT2D eigenvalue weighted by Gasteiger charge is 2.31. The van der Waals surface area contributed by atoms with Crippen molar-refractivity contribution in [1.82, 2.24) is 29.9 Å². The molecule has 1 fully saturated rings. The van der Waals surface area contributed by atoms with E-state index in [0.29, 0.717) is 6.04 Å². The minimum absolute atomic E-state index is 0.507. The van der Waals surface area contributed by atoms with Crippen LogP contribution in [0.3, 0.4) is 0 Å². The van der Waals surface area contributed by atoms with Crippen LogP contribution in [0.25, 0.3) is 5.65 Å². The Morgan fingerprint density at radius 2 is 2.23 bits per heavy atom. The number of rotatable bonds is 4. The van der Waals surface area contributed by atoms with E-state index in [-0.39, 0.29) is 0 Å². The summed E-state index contributed by atoms with van der Waals surface area (Å²) in [7, 11) is 2.13. The summed E-state index contributed by atoms with van der Waals surface area (Å²) >= 11 is 0. The third-order valence-corrected chi connectivity index (χ3v) is 4.23. The van der Waals surface area contributed by atoms with Crippen LogP contribution in [0.15, 0.2) is 29.2 Å². The number of hydrogen-bond acceptors (Lipinski definition) is 7. The summed E-state index contributed by atoms with van der Waals surface area (Å²) in [5, 5.41) is 16.2. The first-order chi connectivity index (χ1) is 10.7. The zero-order valence-electron chi connectivity index (χ0n) is 12.5. The Bertz CT molecular complexity index is 789. The Labute approximate surface area is 127 Å². The molecule has 0 atom stereocenters. The van der Waals surface area contributed by atoms with Gasteiger partial charge in [0.15, 0.2) is 5.65 Å². The minimum Gasteiger partial charge on any atom is -0.361 e. The predicted octanol–water partition coefficient (Wildman–Crippen LogP) is 0.741. The second kappa shape index (κ2) is 5.06. The van der Waals surface area contributed by atoms with Gasteiger partial charge in [-0.05, 0) is 26.1 Å². The topological polar surface area (TPSA) is 75.6 Å². The Morgan fingerprint density at radius 3 is 3.00 bits per heavy atom. The first-order valence-electron chi connectivity index (χ1n) is 7.23. The molecular formula is C14H17N7O. The molecule has 0 bridgehead atoms. The molecule has 114 valence electrons. The van der Waals surface area contributed by atoms with Crippen molar-refractivity contribution >= 4 is 11.5 Å². The smallest absolute Gasteiger partial charge is 0.177 e. The molecule has 0 aliphatic carbocycles. The lowest BCUT2D eigenvalue weighted by Gasteiger charge is -2.44. The molecule has 3 aromatic heterocycles. The van der Waals surface area contributed by atoms with E-state index in [9.17, 15) is 0 Å². The first-order valence-corrected chi connectivity index (χ1v) is 7.23. The average Bonchev–Trinajstić information content (AvgIpc) is 3.06. The van der Waals surface area contributed by atoms with Crippen molar-refractivity contribution in [2.24, 2.45) is 0 Å². The molecule has 1 saturated heterocycles. The van der Waals surface area contributed by atoms with Crippen molar-refractivity contribution in [3.63, 3.8) is 0 Å². The van der Waals surface area contributed by atoms with Gasteiger partial charge in [0.2, 0.25) is 0 Å². The molecule has 8 nitrogen and oxygen atoms in total. The monoisotopic (exact) mass is 299 g/mol. The molecule has 0 spiro atoms. The van der Waals surface area contributed by atoms with Crippen LogP contribution in [0.1, 0.15) is 11.3 Å². The molecule has 22 heavy (non-hydrogen) atoms. The molecule has 4 heterocycles. The minimum atomic E-state index is 0.507. The fourth-order valence-electron chi connectivity index (χ4n) is 2.68. The Balaban J connectivity index is 1.39.